The molecule has 8 unspecified atom stereocenters. The summed E-state index contributed by atoms with van der Waals surface area (Å²) in [7, 11) is -6.37. The van der Waals surface area contributed by atoms with Gasteiger partial charge in [0.25, 0.3) is 0 Å². The first-order valence-corrected chi connectivity index (χ1v) is 41.8. The van der Waals surface area contributed by atoms with E-state index in [1.54, 1.807) is 6.92 Å². The van der Waals surface area contributed by atoms with Gasteiger partial charge in [0.1, 0.15) is 51.5 Å². The molecule has 3 N–H and O–H groups in total. The fourth-order valence-electron chi connectivity index (χ4n) is 14.7. The normalized spacial score (nSPS) is 24.5. The Morgan fingerprint density at radius 3 is 1.57 bits per heavy atom. The molecule has 0 heterocycles. The highest BCUT2D eigenvalue weighted by Crippen LogP contribution is 2.51. The quantitative estimate of drug-likeness (QED) is 0.00993. The van der Waals surface area contributed by atoms with E-state index in [4.69, 9.17) is 50.9 Å². The summed E-state index contributed by atoms with van der Waals surface area (Å²) >= 11 is 0. The number of hydrogen-bond acceptors (Lipinski definition) is 18. The minimum atomic E-state index is -2.53. The monoisotopic (exact) mass is 1320 g/mol. The summed E-state index contributed by atoms with van der Waals surface area (Å²) in [6.07, 6.45) is 7.73. The van der Waals surface area contributed by atoms with Crippen molar-refractivity contribution in [1.29, 1.82) is 0 Å². The van der Waals surface area contributed by atoms with Crippen LogP contribution in [0, 0.1) is 38.4 Å². The number of carbonyl (C=O) groups excluding carboxylic acids is 7. The summed E-state index contributed by atoms with van der Waals surface area (Å²) < 4.78 is 63.6. The Labute approximate surface area is 542 Å². The molecular weight excluding hydrogens is 1210 g/mol. The first-order valence-electron chi connectivity index (χ1n) is 32.5. The molecule has 90 heavy (non-hydrogen) atoms. The van der Waals surface area contributed by atoms with Gasteiger partial charge in [0.05, 0.1) is 6.61 Å². The summed E-state index contributed by atoms with van der Waals surface area (Å²) in [4.78, 5) is 90.6. The van der Waals surface area contributed by atoms with E-state index in [-0.39, 0.29) is 122 Å². The van der Waals surface area contributed by atoms with Gasteiger partial charge in [-0.25, -0.2) is 19.2 Å². The lowest BCUT2D eigenvalue weighted by molar-refractivity contribution is -0.156. The fourth-order valence-corrected chi connectivity index (χ4v) is 27.2. The van der Waals surface area contributed by atoms with Gasteiger partial charge in [-0.15, -0.1) is 0 Å². The van der Waals surface area contributed by atoms with E-state index in [0.717, 1.165) is 44.2 Å². The zero-order valence-electron chi connectivity index (χ0n) is 58.2. The number of rotatable bonds is 37. The topological polar surface area (TPSA) is 257 Å². The van der Waals surface area contributed by atoms with Crippen molar-refractivity contribution in [2.45, 2.75) is 242 Å². The van der Waals surface area contributed by atoms with Crippen molar-refractivity contribution in [3.63, 3.8) is 0 Å². The second-order valence-electron chi connectivity index (χ2n) is 31.4. The predicted molar refractivity (Wildman–Crippen MR) is 353 cm³/mol. The van der Waals surface area contributed by atoms with E-state index in [0.29, 0.717) is 63.9 Å². The lowest BCUT2D eigenvalue weighted by Gasteiger charge is -2.47. The predicted octanol–water partition coefficient (Wildman–Crippen LogP) is 13.1. The maximum Gasteiger partial charge on any atom is 0.407 e. The van der Waals surface area contributed by atoms with Gasteiger partial charge in [-0.1, -0.05) is 82.1 Å². The second kappa shape index (κ2) is 34.9. The van der Waals surface area contributed by atoms with E-state index in [9.17, 15) is 33.6 Å². The molecule has 0 aromatic carbocycles. The van der Waals surface area contributed by atoms with Crippen molar-refractivity contribution in [3.8, 4) is 0 Å². The van der Waals surface area contributed by atoms with E-state index in [2.05, 4.69) is 144 Å². The first-order chi connectivity index (χ1) is 41.4. The summed E-state index contributed by atoms with van der Waals surface area (Å²) in [5.41, 5.74) is -1.42. The average molecular weight is 1320 g/mol. The number of ether oxygens (including phenoxy) is 9. The van der Waals surface area contributed by atoms with Gasteiger partial charge in [0.15, 0.2) is 22.7 Å². The number of allylic oxidation sites excluding steroid dienone is 1. The molecule has 21 nitrogen and oxygen atoms in total. The molecular formula is C66H117N3O18Si3. The molecule has 3 aliphatic rings. The molecule has 24 heteroatoms. The zero-order chi connectivity index (χ0) is 68.0. The van der Waals surface area contributed by atoms with Crippen LogP contribution in [-0.4, -0.2) is 151 Å². The van der Waals surface area contributed by atoms with Crippen LogP contribution < -0.4 is 16.0 Å². The highest BCUT2D eigenvalue weighted by Gasteiger charge is 2.46. The van der Waals surface area contributed by atoms with Gasteiger partial charge < -0.3 is 66.8 Å². The Morgan fingerprint density at radius 1 is 0.533 bits per heavy atom. The van der Waals surface area contributed by atoms with Crippen LogP contribution in [0.5, 0.6) is 0 Å². The van der Waals surface area contributed by atoms with Gasteiger partial charge >= 0.3 is 50.7 Å². The van der Waals surface area contributed by atoms with Gasteiger partial charge in [0, 0.05) is 50.6 Å². The molecule has 0 radical (unpaired) electrons. The lowest BCUT2D eigenvalue weighted by Crippen LogP contribution is -2.52. The maximum absolute atomic E-state index is 13.8. The standard InChI is InChI=1S/C66H117N3O18Si3/c1-21-48(3)78-29-32-81-59(75)68-51-37-62(7,8)45-65(12,39-51)27-25-56(72)85-53(42-77-28-23-33-90(20,86-88(14,15)16)87-89(17,18)19)43-83-60(76)69-52-38-63(9,10)44-64(11,40-52)26-24-55(71)84-49(4)41-82-58(74)67-47-66(13)36-50(35-61(5,6)46-66)34-57(73)80-31-30-79-54(70)22-2/h21-22,49-53H,1-3,23-47H2,4-20H3,(H,67,74)(H,68,75)(H,69,76). The molecule has 3 rings (SSSR count). The largest absolute Gasteiger partial charge is 0.491 e. The Balaban J connectivity index is 1.57. The van der Waals surface area contributed by atoms with Crippen LogP contribution >= 0.6 is 0 Å². The third kappa shape index (κ3) is 33.2. The molecule has 0 aromatic rings. The number of nitrogens with one attached hydrogen (secondary N) is 3. The van der Waals surface area contributed by atoms with Crippen LogP contribution in [0.3, 0.4) is 0 Å². The Kier molecular flexibility index (Phi) is 30.9. The average Bonchev–Trinajstić information content (AvgIpc) is 0.844. The number of hydrogen-bond donors (Lipinski definition) is 3. The number of carbonyl (C=O) groups is 7. The van der Waals surface area contributed by atoms with E-state index >= 15 is 0 Å². The van der Waals surface area contributed by atoms with Crippen LogP contribution in [0.2, 0.25) is 51.9 Å². The molecule has 3 fully saturated rings. The Bertz CT molecular complexity index is 2390. The van der Waals surface area contributed by atoms with Crippen LogP contribution in [0.15, 0.2) is 37.6 Å². The van der Waals surface area contributed by atoms with Crippen LogP contribution in [-0.2, 0) is 70.0 Å². The Hall–Kier alpha value is -4.76. The fraction of sp³-hybridized carbons (Fsp3) is 0.803. The number of alkyl carbamates (subject to hydrolysis) is 3. The summed E-state index contributed by atoms with van der Waals surface area (Å²) in [5, 5.41) is 8.99. The van der Waals surface area contributed by atoms with Crippen molar-refractivity contribution < 1.29 is 84.4 Å². The highest BCUT2D eigenvalue weighted by atomic mass is 28.5. The van der Waals surface area contributed by atoms with Crippen molar-refractivity contribution in [3.05, 3.63) is 37.6 Å². The molecule has 0 aromatic heterocycles. The SMILES string of the molecule is C=CC(=C)OCCOC(=O)NC1CC(C)(C)CC(C)(CCC(=O)OC(COCCC[Si](C)(O[Si](C)(C)C)O[Si](C)(C)C)COC(=O)NC2CC(C)(C)CC(C)(CCC(=O)OC(C)COC(=O)NCC3(C)CC(CC(=O)OCCOC(=O)C=C)CC(C)(C)C3)C2)C1. The summed E-state index contributed by atoms with van der Waals surface area (Å²) in [6.45, 7) is 47.1. The van der Waals surface area contributed by atoms with Gasteiger partial charge in [0.2, 0.25) is 0 Å². The smallest absolute Gasteiger partial charge is 0.407 e. The summed E-state index contributed by atoms with van der Waals surface area (Å²) in [6, 6.07) is 0.269. The second-order valence-corrected chi connectivity index (χ2v) is 44.2. The maximum atomic E-state index is 13.8. The Morgan fingerprint density at radius 2 is 1.02 bits per heavy atom. The number of esters is 4. The van der Waals surface area contributed by atoms with E-state index in [1.165, 1.54) is 6.08 Å². The molecule has 0 spiro atoms. The molecule has 8 atom stereocenters. The first kappa shape index (κ1) is 79.5. The van der Waals surface area contributed by atoms with Gasteiger partial charge in [-0.3, -0.25) is 14.4 Å². The third-order valence-corrected chi connectivity index (χ3v) is 26.0. The highest BCUT2D eigenvalue weighted by molar-refractivity contribution is 6.87. The molecule has 3 aliphatic carbocycles. The van der Waals surface area contributed by atoms with Crippen LogP contribution in [0.4, 0.5) is 14.4 Å². The van der Waals surface area contributed by atoms with Gasteiger partial charge in [-0.2, -0.15) is 0 Å². The van der Waals surface area contributed by atoms with Crippen molar-refractivity contribution in [1.82, 2.24) is 16.0 Å². The van der Waals surface area contributed by atoms with E-state index < -0.39 is 73.6 Å². The van der Waals surface area contributed by atoms with Crippen molar-refractivity contribution in [2.75, 3.05) is 59.4 Å². The lowest BCUT2D eigenvalue weighted by atomic mass is 9.60. The van der Waals surface area contributed by atoms with Crippen LogP contribution in [0.1, 0.15) is 166 Å². The molecule has 0 aliphatic heterocycles. The van der Waals surface area contributed by atoms with Gasteiger partial charge in [-0.05, 0) is 180 Å². The zero-order valence-corrected chi connectivity index (χ0v) is 61.2. The molecule has 3 amide bonds. The molecule has 0 bridgehead atoms. The third-order valence-electron chi connectivity index (χ3n) is 16.4. The summed E-state index contributed by atoms with van der Waals surface area (Å²) in [5.74, 6) is -1.42. The number of amides is 3. The minimum Gasteiger partial charge on any atom is -0.491 e. The molecule has 0 saturated heterocycles. The molecule has 516 valence electrons. The van der Waals surface area contributed by atoms with Crippen molar-refractivity contribution >= 4 is 67.4 Å². The van der Waals surface area contributed by atoms with Crippen molar-refractivity contribution in [2.24, 2.45) is 38.4 Å². The minimum absolute atomic E-state index is 0.00222. The molecule has 3 saturated carbocycles. The van der Waals surface area contributed by atoms with E-state index in [1.807, 2.05) is 0 Å². The van der Waals surface area contributed by atoms with Crippen LogP contribution in [0.25, 0.3) is 0 Å².